The van der Waals surface area contributed by atoms with Gasteiger partial charge in [-0.25, -0.2) is 0 Å². The average molecular weight is 318 g/mol. The highest BCUT2D eigenvalue weighted by molar-refractivity contribution is 9.10. The lowest BCUT2D eigenvalue weighted by atomic mass is 10.2. The number of methoxy groups -OCH3 is 3. The Morgan fingerprint density at radius 2 is 1.94 bits per heavy atom. The molecule has 0 aliphatic carbocycles. The number of hydrogen-bond donors (Lipinski definition) is 1. The fourth-order valence-electron chi connectivity index (χ4n) is 1.67. The third-order valence-corrected chi connectivity index (χ3v) is 3.15. The lowest BCUT2D eigenvalue weighted by Gasteiger charge is -2.15. The van der Waals surface area contributed by atoms with Gasteiger partial charge in [-0.15, -0.1) is 0 Å². The zero-order chi connectivity index (χ0) is 13.5. The molecule has 1 aromatic carbocycles. The molecule has 0 saturated heterocycles. The van der Waals surface area contributed by atoms with Gasteiger partial charge in [0.1, 0.15) is 0 Å². The molecular formula is C13H20BrNO3. The molecule has 18 heavy (non-hydrogen) atoms. The van der Waals surface area contributed by atoms with E-state index in [9.17, 15) is 0 Å². The van der Waals surface area contributed by atoms with Gasteiger partial charge >= 0.3 is 0 Å². The molecule has 4 nitrogen and oxygen atoms in total. The Labute approximate surface area is 117 Å². The van der Waals surface area contributed by atoms with E-state index in [2.05, 4.69) is 28.2 Å². The van der Waals surface area contributed by atoms with Crippen molar-refractivity contribution in [2.75, 3.05) is 27.9 Å². The van der Waals surface area contributed by atoms with E-state index in [4.69, 9.17) is 14.2 Å². The van der Waals surface area contributed by atoms with Crippen molar-refractivity contribution in [3.05, 3.63) is 22.2 Å². The van der Waals surface area contributed by atoms with Gasteiger partial charge in [-0.3, -0.25) is 0 Å². The van der Waals surface area contributed by atoms with Gasteiger partial charge in [0.25, 0.3) is 0 Å². The predicted molar refractivity (Wildman–Crippen MR) is 75.4 cm³/mol. The molecule has 1 aromatic rings. The molecule has 0 heterocycles. The van der Waals surface area contributed by atoms with E-state index in [0.29, 0.717) is 18.4 Å². The van der Waals surface area contributed by atoms with Gasteiger partial charge in [0.15, 0.2) is 11.5 Å². The SMILES string of the molecule is COCC(C)NCc1cc(Br)c(OC)c(OC)c1. The van der Waals surface area contributed by atoms with Crippen LogP contribution >= 0.6 is 15.9 Å². The number of benzene rings is 1. The first-order chi connectivity index (χ1) is 8.62. The van der Waals surface area contributed by atoms with Crippen molar-refractivity contribution in [3.63, 3.8) is 0 Å². The Kier molecular flexibility index (Phi) is 6.46. The molecule has 0 spiro atoms. The van der Waals surface area contributed by atoms with Crippen LogP contribution in [0, 0.1) is 0 Å². The maximum atomic E-state index is 5.30. The molecule has 102 valence electrons. The van der Waals surface area contributed by atoms with Gasteiger partial charge in [0.05, 0.1) is 25.3 Å². The van der Waals surface area contributed by atoms with Crippen LogP contribution in [0.5, 0.6) is 11.5 Å². The minimum absolute atomic E-state index is 0.307. The zero-order valence-corrected chi connectivity index (χ0v) is 12.8. The van der Waals surface area contributed by atoms with E-state index < -0.39 is 0 Å². The second-order valence-corrected chi connectivity index (χ2v) is 4.90. The summed E-state index contributed by atoms with van der Waals surface area (Å²) in [6, 6.07) is 4.30. The normalized spacial score (nSPS) is 12.3. The molecule has 0 aliphatic heterocycles. The van der Waals surface area contributed by atoms with Crippen LogP contribution in [-0.4, -0.2) is 34.0 Å². The van der Waals surface area contributed by atoms with Crippen molar-refractivity contribution < 1.29 is 14.2 Å². The van der Waals surface area contributed by atoms with E-state index >= 15 is 0 Å². The maximum absolute atomic E-state index is 5.30. The fourth-order valence-corrected chi connectivity index (χ4v) is 2.33. The highest BCUT2D eigenvalue weighted by atomic mass is 79.9. The standard InChI is InChI=1S/C13H20BrNO3/c1-9(8-16-2)15-7-10-5-11(14)13(18-4)12(6-10)17-3/h5-6,9,15H,7-8H2,1-4H3. The number of hydrogen-bond acceptors (Lipinski definition) is 4. The van der Waals surface area contributed by atoms with Crippen LogP contribution in [0.25, 0.3) is 0 Å². The second kappa shape index (κ2) is 7.61. The van der Waals surface area contributed by atoms with Crippen molar-refractivity contribution in [3.8, 4) is 11.5 Å². The van der Waals surface area contributed by atoms with Crippen molar-refractivity contribution >= 4 is 15.9 Å². The van der Waals surface area contributed by atoms with Crippen LogP contribution in [0.1, 0.15) is 12.5 Å². The van der Waals surface area contributed by atoms with Crippen LogP contribution in [0.3, 0.4) is 0 Å². The summed E-state index contributed by atoms with van der Waals surface area (Å²) in [5.74, 6) is 1.44. The van der Waals surface area contributed by atoms with Crippen LogP contribution in [-0.2, 0) is 11.3 Å². The smallest absolute Gasteiger partial charge is 0.174 e. The summed E-state index contributed by atoms with van der Waals surface area (Å²) in [6.45, 7) is 3.53. The average Bonchev–Trinajstić information content (AvgIpc) is 2.36. The Balaban J connectivity index is 2.75. The van der Waals surface area contributed by atoms with Crippen molar-refractivity contribution in [1.82, 2.24) is 5.32 Å². The Morgan fingerprint density at radius 3 is 2.50 bits per heavy atom. The molecule has 0 aliphatic rings. The number of halogens is 1. The van der Waals surface area contributed by atoms with Gasteiger partial charge in [0.2, 0.25) is 0 Å². The molecule has 0 saturated carbocycles. The Hall–Kier alpha value is -0.780. The van der Waals surface area contributed by atoms with E-state index in [1.165, 1.54) is 0 Å². The predicted octanol–water partition coefficient (Wildman–Crippen LogP) is 2.59. The number of ether oxygens (including phenoxy) is 3. The maximum Gasteiger partial charge on any atom is 0.174 e. The molecule has 0 bridgehead atoms. The fraction of sp³-hybridized carbons (Fsp3) is 0.538. The summed E-state index contributed by atoms with van der Waals surface area (Å²) >= 11 is 3.48. The molecule has 1 rings (SSSR count). The topological polar surface area (TPSA) is 39.7 Å². The molecule has 1 atom stereocenters. The van der Waals surface area contributed by atoms with Crippen LogP contribution < -0.4 is 14.8 Å². The van der Waals surface area contributed by atoms with E-state index in [1.54, 1.807) is 21.3 Å². The van der Waals surface area contributed by atoms with Crippen LogP contribution in [0.15, 0.2) is 16.6 Å². The summed E-state index contributed by atoms with van der Waals surface area (Å²) in [5.41, 5.74) is 1.13. The van der Waals surface area contributed by atoms with Gasteiger partial charge in [-0.1, -0.05) is 0 Å². The van der Waals surface area contributed by atoms with E-state index in [1.807, 2.05) is 12.1 Å². The first kappa shape index (κ1) is 15.3. The van der Waals surface area contributed by atoms with Gasteiger partial charge in [-0.2, -0.15) is 0 Å². The number of rotatable bonds is 7. The molecule has 1 unspecified atom stereocenters. The summed E-state index contributed by atoms with van der Waals surface area (Å²) < 4.78 is 16.5. The molecule has 0 aromatic heterocycles. The molecular weight excluding hydrogens is 298 g/mol. The Bertz CT molecular complexity index is 385. The Morgan fingerprint density at radius 1 is 1.22 bits per heavy atom. The first-order valence-corrected chi connectivity index (χ1v) is 6.54. The molecule has 0 fully saturated rings. The van der Waals surface area contributed by atoms with Crippen molar-refractivity contribution in [2.45, 2.75) is 19.5 Å². The summed E-state index contributed by atoms with van der Waals surface area (Å²) in [5, 5.41) is 3.37. The highest BCUT2D eigenvalue weighted by Gasteiger charge is 2.10. The zero-order valence-electron chi connectivity index (χ0n) is 11.2. The van der Waals surface area contributed by atoms with Gasteiger partial charge in [-0.05, 0) is 40.5 Å². The molecule has 5 heteroatoms. The molecule has 1 N–H and O–H groups in total. The second-order valence-electron chi connectivity index (χ2n) is 4.05. The molecule has 0 amide bonds. The third kappa shape index (κ3) is 4.15. The minimum atomic E-state index is 0.307. The quantitative estimate of drug-likeness (QED) is 0.839. The largest absolute Gasteiger partial charge is 0.493 e. The van der Waals surface area contributed by atoms with Gasteiger partial charge < -0.3 is 19.5 Å². The summed E-state index contributed by atoms with van der Waals surface area (Å²) in [7, 11) is 4.96. The molecule has 0 radical (unpaired) electrons. The van der Waals surface area contributed by atoms with E-state index in [0.717, 1.165) is 22.3 Å². The number of nitrogens with one attached hydrogen (secondary N) is 1. The van der Waals surface area contributed by atoms with Gasteiger partial charge in [0, 0.05) is 19.7 Å². The third-order valence-electron chi connectivity index (χ3n) is 2.56. The lowest BCUT2D eigenvalue weighted by molar-refractivity contribution is 0.171. The lowest BCUT2D eigenvalue weighted by Crippen LogP contribution is -2.29. The highest BCUT2D eigenvalue weighted by Crippen LogP contribution is 2.36. The van der Waals surface area contributed by atoms with Crippen molar-refractivity contribution in [2.24, 2.45) is 0 Å². The monoisotopic (exact) mass is 317 g/mol. The summed E-state index contributed by atoms with van der Waals surface area (Å²) in [4.78, 5) is 0. The van der Waals surface area contributed by atoms with E-state index in [-0.39, 0.29) is 0 Å². The summed E-state index contributed by atoms with van der Waals surface area (Å²) in [6.07, 6.45) is 0. The first-order valence-electron chi connectivity index (χ1n) is 5.75. The van der Waals surface area contributed by atoms with Crippen molar-refractivity contribution in [1.29, 1.82) is 0 Å². The van der Waals surface area contributed by atoms with Crippen LogP contribution in [0.2, 0.25) is 0 Å². The van der Waals surface area contributed by atoms with Crippen LogP contribution in [0.4, 0.5) is 0 Å². The minimum Gasteiger partial charge on any atom is -0.493 e.